The van der Waals surface area contributed by atoms with Gasteiger partial charge in [0.25, 0.3) is 5.91 Å². The van der Waals surface area contributed by atoms with Gasteiger partial charge < -0.3 is 15.0 Å². The van der Waals surface area contributed by atoms with Crippen molar-refractivity contribution in [3.63, 3.8) is 0 Å². The Morgan fingerprint density at radius 2 is 1.87 bits per heavy atom. The zero-order valence-electron chi connectivity index (χ0n) is 16.5. The molecule has 0 bridgehead atoms. The summed E-state index contributed by atoms with van der Waals surface area (Å²) in [5.41, 5.74) is -0.254. The second-order valence-electron chi connectivity index (χ2n) is 7.61. The number of alkyl halides is 2. The minimum Gasteiger partial charge on any atom is -0.442 e. The summed E-state index contributed by atoms with van der Waals surface area (Å²) in [5, 5.41) is 3.81. The maximum atomic E-state index is 14.9. The van der Waals surface area contributed by atoms with Crippen LogP contribution >= 0.6 is 0 Å². The van der Waals surface area contributed by atoms with Crippen molar-refractivity contribution >= 4 is 23.4 Å². The molecule has 0 radical (unpaired) electrons. The summed E-state index contributed by atoms with van der Waals surface area (Å²) in [6.07, 6.45) is -2.89. The van der Waals surface area contributed by atoms with Gasteiger partial charge in [-0.2, -0.15) is 13.8 Å². The Morgan fingerprint density at radius 3 is 2.52 bits per heavy atom. The Bertz CT molecular complexity index is 831. The van der Waals surface area contributed by atoms with Gasteiger partial charge in [-0.15, -0.1) is 0 Å². The predicted octanol–water partition coefficient (Wildman–Crippen LogP) is 1.89. The standard InChI is InChI=1S/C19H22F4N4O4/c20-14-7-12(26-10-13(31-19(26)29)9-24-18(28)17(22)23)8-15(21)16(14)25-3-4-27(11-1-2-11)30-6-5-25/h7-8,11,13,17H,1-6,9-10H2,(H,24,28)/t13-/m0/s1. The number of nitrogens with zero attached hydrogens (tertiary/aromatic N) is 3. The first kappa shape index (κ1) is 21.6. The highest BCUT2D eigenvalue weighted by atomic mass is 19.3. The van der Waals surface area contributed by atoms with E-state index in [1.54, 1.807) is 4.90 Å². The van der Waals surface area contributed by atoms with Gasteiger partial charge in [-0.25, -0.2) is 13.6 Å². The molecule has 1 saturated carbocycles. The van der Waals surface area contributed by atoms with Gasteiger partial charge >= 0.3 is 12.5 Å². The van der Waals surface area contributed by atoms with E-state index in [0.717, 1.165) is 29.9 Å². The van der Waals surface area contributed by atoms with Crippen LogP contribution in [-0.2, 0) is 14.4 Å². The predicted molar refractivity (Wildman–Crippen MR) is 101 cm³/mol. The number of benzene rings is 1. The number of carbonyl (C=O) groups is 2. The Morgan fingerprint density at radius 1 is 1.16 bits per heavy atom. The number of amides is 2. The van der Waals surface area contributed by atoms with Gasteiger partial charge in [-0.3, -0.25) is 14.5 Å². The Labute approximate surface area is 175 Å². The van der Waals surface area contributed by atoms with Gasteiger partial charge in [0.2, 0.25) is 0 Å². The van der Waals surface area contributed by atoms with Crippen molar-refractivity contribution in [3.8, 4) is 0 Å². The van der Waals surface area contributed by atoms with Crippen molar-refractivity contribution in [1.82, 2.24) is 10.4 Å². The van der Waals surface area contributed by atoms with Gasteiger partial charge in [0.15, 0.2) is 11.6 Å². The summed E-state index contributed by atoms with van der Waals surface area (Å²) in [6.45, 7) is 1.06. The van der Waals surface area contributed by atoms with E-state index >= 15 is 0 Å². The largest absolute Gasteiger partial charge is 0.442 e. The molecule has 170 valence electrons. The van der Waals surface area contributed by atoms with Crippen LogP contribution in [-0.4, -0.2) is 75.0 Å². The molecule has 0 spiro atoms. The molecular formula is C19H22F4N4O4. The number of hydrogen-bond acceptors (Lipinski definition) is 6. The van der Waals surface area contributed by atoms with Gasteiger partial charge in [0.1, 0.15) is 11.8 Å². The third-order valence-corrected chi connectivity index (χ3v) is 5.37. The van der Waals surface area contributed by atoms with E-state index in [9.17, 15) is 27.2 Å². The molecule has 0 unspecified atom stereocenters. The quantitative estimate of drug-likeness (QED) is 0.673. The molecule has 4 rings (SSSR count). The third kappa shape index (κ3) is 4.85. The Kier molecular flexibility index (Phi) is 6.19. The average Bonchev–Trinajstić information content (AvgIpc) is 3.51. The molecule has 1 aliphatic carbocycles. The van der Waals surface area contributed by atoms with E-state index in [1.807, 2.05) is 10.4 Å². The van der Waals surface area contributed by atoms with Gasteiger partial charge in [0.05, 0.1) is 25.4 Å². The molecular weight excluding hydrogens is 424 g/mol. The van der Waals surface area contributed by atoms with Crippen LogP contribution < -0.4 is 15.1 Å². The fraction of sp³-hybridized carbons (Fsp3) is 0.579. The molecule has 1 aromatic carbocycles. The number of halogens is 4. The topological polar surface area (TPSA) is 74.4 Å². The molecule has 2 aliphatic heterocycles. The highest BCUT2D eigenvalue weighted by Gasteiger charge is 2.35. The lowest BCUT2D eigenvalue weighted by Crippen LogP contribution is -2.37. The van der Waals surface area contributed by atoms with E-state index in [0.29, 0.717) is 32.3 Å². The lowest BCUT2D eigenvalue weighted by Gasteiger charge is -2.24. The monoisotopic (exact) mass is 446 g/mol. The molecule has 31 heavy (non-hydrogen) atoms. The molecule has 3 aliphatic rings. The maximum absolute atomic E-state index is 14.9. The first-order valence-corrected chi connectivity index (χ1v) is 10.0. The summed E-state index contributed by atoms with van der Waals surface area (Å²) < 4.78 is 59.2. The molecule has 3 fully saturated rings. The number of hydroxylamine groups is 2. The normalized spacial score (nSPS) is 22.6. The first-order chi connectivity index (χ1) is 14.8. The first-order valence-electron chi connectivity index (χ1n) is 10.0. The zero-order valence-corrected chi connectivity index (χ0v) is 16.5. The highest BCUT2D eigenvalue weighted by Crippen LogP contribution is 2.32. The minimum atomic E-state index is -3.19. The van der Waals surface area contributed by atoms with Crippen molar-refractivity contribution in [2.45, 2.75) is 31.4 Å². The van der Waals surface area contributed by atoms with Crippen LogP contribution in [0, 0.1) is 11.6 Å². The summed E-state index contributed by atoms with van der Waals surface area (Å²) in [6, 6.07) is 2.44. The van der Waals surface area contributed by atoms with Crippen LogP contribution in [0.2, 0.25) is 0 Å². The van der Waals surface area contributed by atoms with E-state index in [1.165, 1.54) is 0 Å². The summed E-state index contributed by atoms with van der Waals surface area (Å²) in [5.74, 6) is -3.16. The van der Waals surface area contributed by atoms with Crippen LogP contribution in [0.5, 0.6) is 0 Å². The molecule has 2 heterocycles. The second-order valence-corrected chi connectivity index (χ2v) is 7.61. The summed E-state index contributed by atoms with van der Waals surface area (Å²) >= 11 is 0. The van der Waals surface area contributed by atoms with E-state index in [-0.39, 0.29) is 24.5 Å². The van der Waals surface area contributed by atoms with Crippen LogP contribution in [0.3, 0.4) is 0 Å². The Balaban J connectivity index is 1.43. The molecule has 0 aromatic heterocycles. The fourth-order valence-electron chi connectivity index (χ4n) is 3.68. The number of hydrogen-bond donors (Lipinski definition) is 1. The summed E-state index contributed by atoms with van der Waals surface area (Å²) in [7, 11) is 0. The molecule has 2 saturated heterocycles. The third-order valence-electron chi connectivity index (χ3n) is 5.37. The number of carbonyl (C=O) groups excluding carboxylic acids is 2. The molecule has 1 aromatic rings. The molecule has 1 atom stereocenters. The average molecular weight is 446 g/mol. The SMILES string of the molecule is O=C(NC[C@H]1CN(c2cc(F)c(N3CCON(C4CC4)CC3)c(F)c2)C(=O)O1)C(F)F. The molecule has 1 N–H and O–H groups in total. The van der Waals surface area contributed by atoms with E-state index in [4.69, 9.17) is 9.57 Å². The van der Waals surface area contributed by atoms with Crippen LogP contribution in [0.15, 0.2) is 12.1 Å². The van der Waals surface area contributed by atoms with E-state index < -0.39 is 36.2 Å². The number of nitrogens with one attached hydrogen (secondary N) is 1. The van der Waals surface area contributed by atoms with Gasteiger partial charge in [-0.05, 0) is 12.8 Å². The van der Waals surface area contributed by atoms with Gasteiger partial charge in [0, 0.05) is 37.8 Å². The van der Waals surface area contributed by atoms with Crippen molar-refractivity contribution in [2.75, 3.05) is 49.1 Å². The molecule has 8 nitrogen and oxygen atoms in total. The smallest absolute Gasteiger partial charge is 0.414 e. The highest BCUT2D eigenvalue weighted by molar-refractivity contribution is 5.90. The fourth-order valence-corrected chi connectivity index (χ4v) is 3.68. The lowest BCUT2D eigenvalue weighted by molar-refractivity contribution is -0.154. The molecule has 12 heteroatoms. The number of rotatable bonds is 6. The van der Waals surface area contributed by atoms with Crippen LogP contribution in [0.4, 0.5) is 33.7 Å². The minimum absolute atomic E-state index is 0.0582. The van der Waals surface area contributed by atoms with E-state index in [2.05, 4.69) is 0 Å². The van der Waals surface area contributed by atoms with Crippen molar-refractivity contribution in [1.29, 1.82) is 0 Å². The summed E-state index contributed by atoms with van der Waals surface area (Å²) in [4.78, 5) is 31.3. The number of anilines is 2. The number of cyclic esters (lactones) is 1. The molecule has 2 amide bonds. The van der Waals surface area contributed by atoms with Crippen molar-refractivity contribution in [3.05, 3.63) is 23.8 Å². The Hall–Kier alpha value is -2.60. The van der Waals surface area contributed by atoms with Crippen molar-refractivity contribution < 1.29 is 36.7 Å². The second kappa shape index (κ2) is 8.87. The van der Waals surface area contributed by atoms with Gasteiger partial charge in [-0.1, -0.05) is 0 Å². The van der Waals surface area contributed by atoms with Crippen LogP contribution in [0.1, 0.15) is 12.8 Å². The zero-order chi connectivity index (χ0) is 22.1. The lowest BCUT2D eigenvalue weighted by atomic mass is 10.2. The van der Waals surface area contributed by atoms with Crippen LogP contribution in [0.25, 0.3) is 0 Å². The van der Waals surface area contributed by atoms with Crippen molar-refractivity contribution in [2.24, 2.45) is 0 Å². The maximum Gasteiger partial charge on any atom is 0.414 e. The number of ether oxygens (including phenoxy) is 1.